The first-order valence-corrected chi connectivity index (χ1v) is 5.19. The van der Waals surface area contributed by atoms with Crippen LogP contribution in [0, 0.1) is 6.92 Å². The zero-order valence-corrected chi connectivity index (χ0v) is 9.64. The van der Waals surface area contributed by atoms with Gasteiger partial charge in [0.25, 0.3) is 5.91 Å². The number of benzene rings is 1. The van der Waals surface area contributed by atoms with E-state index in [1.807, 2.05) is 19.9 Å². The number of nitrogens with one attached hydrogen (secondary N) is 1. The number of carbonyl (C=O) groups excluding carboxylic acids is 1. The van der Waals surface area contributed by atoms with Gasteiger partial charge in [0.2, 0.25) is 0 Å². The predicted molar refractivity (Wildman–Crippen MR) is 62.2 cm³/mol. The molecule has 0 spiro atoms. The number of nitrogens with two attached hydrogens (primary N) is 1. The van der Waals surface area contributed by atoms with Crippen molar-refractivity contribution in [2.24, 2.45) is 5.73 Å². The fraction of sp³-hybridized carbons (Fsp3) is 0.364. The Morgan fingerprint density at radius 2 is 2.20 bits per heavy atom. The summed E-state index contributed by atoms with van der Waals surface area (Å²) in [5, 5.41) is 3.35. The van der Waals surface area contributed by atoms with Crippen molar-refractivity contribution in [3.63, 3.8) is 0 Å². The molecule has 0 aliphatic heterocycles. The maximum Gasteiger partial charge on any atom is 0.251 e. The number of aryl methyl sites for hydroxylation is 1. The molecular weight excluding hydrogens is 212 g/mol. The van der Waals surface area contributed by atoms with Crippen molar-refractivity contribution in [1.29, 1.82) is 0 Å². The minimum Gasteiger partial charge on any atom is -0.348 e. The largest absolute Gasteiger partial charge is 0.348 e. The van der Waals surface area contributed by atoms with Crippen molar-refractivity contribution in [1.82, 2.24) is 5.32 Å². The van der Waals surface area contributed by atoms with Gasteiger partial charge in [0, 0.05) is 23.2 Å². The number of carbonyl (C=O) groups is 1. The van der Waals surface area contributed by atoms with E-state index in [0.717, 1.165) is 5.56 Å². The first-order chi connectivity index (χ1) is 7.02. The lowest BCUT2D eigenvalue weighted by Gasteiger charge is -2.11. The number of amides is 1. The van der Waals surface area contributed by atoms with Crippen LogP contribution in [0.25, 0.3) is 0 Å². The van der Waals surface area contributed by atoms with E-state index in [1.165, 1.54) is 0 Å². The Morgan fingerprint density at radius 3 is 2.73 bits per heavy atom. The highest BCUT2D eigenvalue weighted by Gasteiger charge is 2.09. The normalized spacial score (nSPS) is 12.3. The van der Waals surface area contributed by atoms with Crippen molar-refractivity contribution in [3.05, 3.63) is 34.3 Å². The molecule has 0 saturated heterocycles. The second-order valence-corrected chi connectivity index (χ2v) is 4.06. The summed E-state index contributed by atoms with van der Waals surface area (Å²) >= 11 is 5.86. The summed E-state index contributed by atoms with van der Waals surface area (Å²) < 4.78 is 0. The van der Waals surface area contributed by atoms with Gasteiger partial charge in [-0.25, -0.2) is 0 Å². The number of halogens is 1. The number of hydrogen-bond acceptors (Lipinski definition) is 2. The summed E-state index contributed by atoms with van der Waals surface area (Å²) in [4.78, 5) is 11.7. The van der Waals surface area contributed by atoms with Crippen LogP contribution in [0.5, 0.6) is 0 Å². The van der Waals surface area contributed by atoms with E-state index < -0.39 is 0 Å². The first kappa shape index (κ1) is 12.0. The number of rotatable bonds is 3. The third kappa shape index (κ3) is 3.53. The van der Waals surface area contributed by atoms with Crippen molar-refractivity contribution in [2.75, 3.05) is 6.54 Å². The third-order valence-electron chi connectivity index (χ3n) is 2.04. The topological polar surface area (TPSA) is 55.1 Å². The highest BCUT2D eigenvalue weighted by molar-refractivity contribution is 6.31. The molecule has 0 bridgehead atoms. The minimum absolute atomic E-state index is 0.0308. The summed E-state index contributed by atoms with van der Waals surface area (Å²) in [7, 11) is 0. The van der Waals surface area contributed by atoms with E-state index in [1.54, 1.807) is 12.1 Å². The van der Waals surface area contributed by atoms with Crippen LogP contribution in [-0.2, 0) is 0 Å². The molecule has 1 unspecified atom stereocenters. The van der Waals surface area contributed by atoms with Gasteiger partial charge in [-0.2, -0.15) is 0 Å². The fourth-order valence-electron chi connectivity index (χ4n) is 1.23. The standard InChI is InChI=1S/C11H15ClN2O/c1-7-3-9(5-10(12)4-7)11(15)14-8(2)6-13/h3-5,8H,6,13H2,1-2H3,(H,14,15). The van der Waals surface area contributed by atoms with Gasteiger partial charge >= 0.3 is 0 Å². The smallest absolute Gasteiger partial charge is 0.251 e. The molecule has 4 heteroatoms. The molecule has 1 aromatic rings. The average molecular weight is 227 g/mol. The average Bonchev–Trinajstić information content (AvgIpc) is 2.16. The van der Waals surface area contributed by atoms with Crippen molar-refractivity contribution >= 4 is 17.5 Å². The SMILES string of the molecule is Cc1cc(Cl)cc(C(=O)NC(C)CN)c1. The van der Waals surface area contributed by atoms with Crippen LogP contribution in [-0.4, -0.2) is 18.5 Å². The molecule has 0 heterocycles. The zero-order chi connectivity index (χ0) is 11.4. The molecule has 3 N–H and O–H groups in total. The maximum absolute atomic E-state index is 11.7. The summed E-state index contributed by atoms with van der Waals surface area (Å²) in [6.45, 7) is 4.18. The molecule has 0 fully saturated rings. The van der Waals surface area contributed by atoms with E-state index in [4.69, 9.17) is 17.3 Å². The van der Waals surface area contributed by atoms with Crippen molar-refractivity contribution < 1.29 is 4.79 Å². The fourth-order valence-corrected chi connectivity index (χ4v) is 1.52. The van der Waals surface area contributed by atoms with Crippen LogP contribution in [0.15, 0.2) is 18.2 Å². The quantitative estimate of drug-likeness (QED) is 0.825. The van der Waals surface area contributed by atoms with E-state index >= 15 is 0 Å². The van der Waals surface area contributed by atoms with Gasteiger partial charge < -0.3 is 11.1 Å². The van der Waals surface area contributed by atoms with Gasteiger partial charge in [-0.3, -0.25) is 4.79 Å². The Kier molecular flexibility index (Phi) is 4.12. The molecule has 0 aromatic heterocycles. The molecule has 0 radical (unpaired) electrons. The molecule has 1 rings (SSSR count). The lowest BCUT2D eigenvalue weighted by atomic mass is 10.1. The second-order valence-electron chi connectivity index (χ2n) is 3.63. The summed E-state index contributed by atoms with van der Waals surface area (Å²) in [5.74, 6) is -0.140. The van der Waals surface area contributed by atoms with Gasteiger partial charge in [-0.05, 0) is 37.6 Å². The van der Waals surface area contributed by atoms with Crippen LogP contribution in [0.3, 0.4) is 0 Å². The lowest BCUT2D eigenvalue weighted by molar-refractivity contribution is 0.0941. The van der Waals surface area contributed by atoms with Crippen LogP contribution in [0.2, 0.25) is 5.02 Å². The Hall–Kier alpha value is -1.06. The Labute approximate surface area is 94.6 Å². The van der Waals surface area contributed by atoms with Crippen LogP contribution in [0.1, 0.15) is 22.8 Å². The second kappa shape index (κ2) is 5.14. The third-order valence-corrected chi connectivity index (χ3v) is 2.25. The molecule has 15 heavy (non-hydrogen) atoms. The van der Waals surface area contributed by atoms with E-state index in [-0.39, 0.29) is 11.9 Å². The predicted octanol–water partition coefficient (Wildman–Crippen LogP) is 1.73. The van der Waals surface area contributed by atoms with Crippen LogP contribution in [0.4, 0.5) is 0 Å². The molecule has 82 valence electrons. The highest BCUT2D eigenvalue weighted by Crippen LogP contribution is 2.14. The molecule has 1 amide bonds. The van der Waals surface area contributed by atoms with Gasteiger partial charge in [-0.1, -0.05) is 11.6 Å². The van der Waals surface area contributed by atoms with E-state index in [2.05, 4.69) is 5.32 Å². The molecule has 3 nitrogen and oxygen atoms in total. The van der Waals surface area contributed by atoms with Gasteiger partial charge in [-0.15, -0.1) is 0 Å². The van der Waals surface area contributed by atoms with Crippen molar-refractivity contribution in [2.45, 2.75) is 19.9 Å². The number of hydrogen-bond donors (Lipinski definition) is 2. The van der Waals surface area contributed by atoms with Gasteiger partial charge in [0.1, 0.15) is 0 Å². The van der Waals surface area contributed by atoms with Crippen LogP contribution >= 0.6 is 11.6 Å². The summed E-state index contributed by atoms with van der Waals surface area (Å²) in [6, 6.07) is 5.22. The van der Waals surface area contributed by atoms with E-state index in [0.29, 0.717) is 17.1 Å². The zero-order valence-electron chi connectivity index (χ0n) is 8.88. The molecule has 0 aliphatic carbocycles. The maximum atomic E-state index is 11.7. The van der Waals surface area contributed by atoms with Gasteiger partial charge in [0.15, 0.2) is 0 Å². The van der Waals surface area contributed by atoms with Crippen molar-refractivity contribution in [3.8, 4) is 0 Å². The summed E-state index contributed by atoms with van der Waals surface area (Å²) in [5.41, 5.74) is 6.95. The summed E-state index contributed by atoms with van der Waals surface area (Å²) in [6.07, 6.45) is 0. The first-order valence-electron chi connectivity index (χ1n) is 4.81. The molecular formula is C11H15ClN2O. The monoisotopic (exact) mass is 226 g/mol. The Balaban J connectivity index is 2.82. The minimum atomic E-state index is -0.140. The lowest BCUT2D eigenvalue weighted by Crippen LogP contribution is -2.37. The van der Waals surface area contributed by atoms with Gasteiger partial charge in [0.05, 0.1) is 0 Å². The van der Waals surface area contributed by atoms with E-state index in [9.17, 15) is 4.79 Å². The molecule has 0 saturated carbocycles. The molecule has 1 aromatic carbocycles. The Bertz CT molecular complexity index is 345. The molecule has 1 atom stereocenters. The molecule has 0 aliphatic rings. The van der Waals surface area contributed by atoms with Crippen LogP contribution < -0.4 is 11.1 Å². The highest BCUT2D eigenvalue weighted by atomic mass is 35.5. The Morgan fingerprint density at radius 1 is 1.53 bits per heavy atom.